The summed E-state index contributed by atoms with van der Waals surface area (Å²) in [6.45, 7) is 6.95. The third-order valence-corrected chi connectivity index (χ3v) is 9.10. The van der Waals surface area contributed by atoms with E-state index in [1.165, 1.54) is 32.4 Å². The highest BCUT2D eigenvalue weighted by atomic mass is 32.2. The van der Waals surface area contributed by atoms with Crippen molar-refractivity contribution in [2.24, 2.45) is 11.8 Å². The summed E-state index contributed by atoms with van der Waals surface area (Å²) in [7, 11) is -2.17. The summed E-state index contributed by atoms with van der Waals surface area (Å²) in [6, 6.07) is 4.14. The molecule has 0 spiro atoms. The molecule has 3 saturated heterocycles. The molecule has 0 saturated carbocycles. The third kappa shape index (κ3) is 4.57. The number of rotatable bonds is 4. The van der Waals surface area contributed by atoms with Gasteiger partial charge in [-0.1, -0.05) is 0 Å². The lowest BCUT2D eigenvalue weighted by Gasteiger charge is -2.39. The Morgan fingerprint density at radius 2 is 1.83 bits per heavy atom. The van der Waals surface area contributed by atoms with E-state index in [1.54, 1.807) is 0 Å². The molecule has 0 amide bonds. The molecule has 186 valence electrons. The van der Waals surface area contributed by atoms with E-state index in [4.69, 9.17) is 0 Å². The Kier molecular flexibility index (Phi) is 6.47. The fourth-order valence-electron chi connectivity index (χ4n) is 6.51. The van der Waals surface area contributed by atoms with Gasteiger partial charge in [0.05, 0.1) is 11.7 Å². The molecule has 6 heterocycles. The summed E-state index contributed by atoms with van der Waals surface area (Å²) in [6.07, 6.45) is 12.2. The molecule has 35 heavy (non-hydrogen) atoms. The minimum atomic E-state index is -2.17. The summed E-state index contributed by atoms with van der Waals surface area (Å²) >= 11 is 0. The summed E-state index contributed by atoms with van der Waals surface area (Å²) in [5, 5.41) is 2.20. The number of nitrogens with zero attached hydrogens (tertiary/aromatic N) is 5. The number of piperidine rings is 2. The molecule has 3 fully saturated rings. The normalized spacial score (nSPS) is 22.9. The number of pyridine rings is 2. The van der Waals surface area contributed by atoms with Gasteiger partial charge in [0, 0.05) is 67.5 Å². The largest absolute Gasteiger partial charge is 0.371 e. The van der Waals surface area contributed by atoms with Crippen LogP contribution in [0.1, 0.15) is 38.5 Å². The molecule has 0 aromatic carbocycles. The number of H-pyrrole nitrogens is 1. The lowest BCUT2D eigenvalue weighted by molar-refractivity contribution is 0.190. The van der Waals surface area contributed by atoms with Crippen molar-refractivity contribution in [3.05, 3.63) is 30.7 Å². The van der Waals surface area contributed by atoms with E-state index in [9.17, 15) is 8.42 Å². The summed E-state index contributed by atoms with van der Waals surface area (Å²) in [5.41, 5.74) is 2.92. The van der Waals surface area contributed by atoms with Gasteiger partial charge in [0.1, 0.15) is 10.6 Å². The standard InChI is InChI=1S/C26H34N6O2S/c33-35(34)26(32-13-3-4-19(18-32)17-30-11-1-2-12-30)20-7-14-31(15-8-20)23-6-10-27-22-16-29-25-21(24(22)23)5-9-28-25/h5-6,9-10,16,19-20H,1-4,7-8,11-15,17-18H2,(H,28,29). The van der Waals surface area contributed by atoms with Crippen molar-refractivity contribution in [2.45, 2.75) is 38.5 Å². The quantitative estimate of drug-likeness (QED) is 0.558. The van der Waals surface area contributed by atoms with E-state index in [-0.39, 0.29) is 5.92 Å². The van der Waals surface area contributed by atoms with Crippen LogP contribution in [0.5, 0.6) is 0 Å². The maximum atomic E-state index is 12.5. The summed E-state index contributed by atoms with van der Waals surface area (Å²) in [5.74, 6) is 0.665. The average molecular weight is 495 g/mol. The first-order chi connectivity index (χ1) is 17.2. The van der Waals surface area contributed by atoms with E-state index in [1.807, 2.05) is 18.6 Å². The van der Waals surface area contributed by atoms with Gasteiger partial charge in [-0.25, -0.2) is 4.98 Å². The van der Waals surface area contributed by atoms with Crippen molar-refractivity contribution in [1.82, 2.24) is 24.8 Å². The van der Waals surface area contributed by atoms with Gasteiger partial charge >= 0.3 is 0 Å². The van der Waals surface area contributed by atoms with E-state index >= 15 is 0 Å². The Labute approximate surface area is 207 Å². The Hall–Kier alpha value is -2.49. The highest BCUT2D eigenvalue weighted by molar-refractivity contribution is 7.72. The smallest absolute Gasteiger partial charge is 0.228 e. The Bertz CT molecular complexity index is 1330. The minimum absolute atomic E-state index is 0.0946. The monoisotopic (exact) mass is 494 g/mol. The first-order valence-corrected chi connectivity index (χ1v) is 14.1. The van der Waals surface area contributed by atoms with Crippen molar-refractivity contribution in [3.8, 4) is 0 Å². The second-order valence-electron chi connectivity index (χ2n) is 10.4. The second-order valence-corrected chi connectivity index (χ2v) is 11.3. The van der Waals surface area contributed by atoms with E-state index in [0.29, 0.717) is 10.9 Å². The van der Waals surface area contributed by atoms with Crippen LogP contribution in [0.4, 0.5) is 5.69 Å². The average Bonchev–Trinajstić information content (AvgIpc) is 3.56. The maximum absolute atomic E-state index is 12.5. The Morgan fingerprint density at radius 1 is 1.00 bits per heavy atom. The van der Waals surface area contributed by atoms with E-state index < -0.39 is 10.3 Å². The predicted molar refractivity (Wildman–Crippen MR) is 140 cm³/mol. The van der Waals surface area contributed by atoms with Crippen LogP contribution in [0.15, 0.2) is 30.7 Å². The summed E-state index contributed by atoms with van der Waals surface area (Å²) < 4.78 is 24.9. The van der Waals surface area contributed by atoms with Crippen molar-refractivity contribution < 1.29 is 8.42 Å². The van der Waals surface area contributed by atoms with Crippen molar-refractivity contribution in [1.29, 1.82) is 0 Å². The van der Waals surface area contributed by atoms with Crippen molar-refractivity contribution in [2.75, 3.05) is 50.7 Å². The fourth-order valence-corrected chi connectivity index (χ4v) is 7.40. The molecular weight excluding hydrogens is 460 g/mol. The molecule has 3 aliphatic rings. The molecule has 1 unspecified atom stereocenters. The Morgan fingerprint density at radius 3 is 2.63 bits per heavy atom. The van der Waals surface area contributed by atoms with Gasteiger partial charge in [-0.2, -0.15) is 8.42 Å². The molecule has 0 radical (unpaired) electrons. The fraction of sp³-hybridized carbons (Fsp3) is 0.577. The van der Waals surface area contributed by atoms with Crippen LogP contribution in [0.25, 0.3) is 21.9 Å². The van der Waals surface area contributed by atoms with Gasteiger partial charge in [-0.05, 0) is 69.7 Å². The first kappa shape index (κ1) is 22.9. The molecule has 0 aliphatic carbocycles. The highest BCUT2D eigenvalue weighted by Gasteiger charge is 2.33. The van der Waals surface area contributed by atoms with E-state index in [0.717, 1.165) is 79.6 Å². The third-order valence-electron chi connectivity index (χ3n) is 8.17. The molecule has 3 aromatic heterocycles. The van der Waals surface area contributed by atoms with Crippen LogP contribution in [0.2, 0.25) is 0 Å². The van der Waals surface area contributed by atoms with Gasteiger partial charge in [0.2, 0.25) is 10.3 Å². The molecule has 3 aliphatic heterocycles. The van der Waals surface area contributed by atoms with E-state index in [2.05, 4.69) is 41.8 Å². The molecule has 1 N–H and O–H groups in total. The zero-order valence-corrected chi connectivity index (χ0v) is 21.0. The predicted octanol–water partition coefficient (Wildman–Crippen LogP) is 3.14. The zero-order valence-electron chi connectivity index (χ0n) is 20.2. The van der Waals surface area contributed by atoms with Gasteiger partial charge in [0.15, 0.2) is 0 Å². The number of hydrogen-bond acceptors (Lipinski definition) is 6. The highest BCUT2D eigenvalue weighted by Crippen LogP contribution is 2.34. The van der Waals surface area contributed by atoms with Crippen LogP contribution in [0.3, 0.4) is 0 Å². The molecule has 6 rings (SSSR count). The topological polar surface area (TPSA) is 85.4 Å². The number of anilines is 1. The number of nitrogens with one attached hydrogen (secondary N) is 1. The number of fused-ring (bicyclic) bond motifs is 3. The molecule has 0 bridgehead atoms. The van der Waals surface area contributed by atoms with Gasteiger partial charge in [-0.3, -0.25) is 9.88 Å². The van der Waals surface area contributed by atoms with Crippen LogP contribution in [-0.4, -0.2) is 84.0 Å². The molecule has 9 heteroatoms. The Balaban J connectivity index is 1.18. The van der Waals surface area contributed by atoms with Crippen LogP contribution in [-0.2, 0) is 10.3 Å². The minimum Gasteiger partial charge on any atom is -0.371 e. The number of aromatic amines is 1. The lowest BCUT2D eigenvalue weighted by Crippen LogP contribution is -2.48. The molecule has 8 nitrogen and oxygen atoms in total. The van der Waals surface area contributed by atoms with Gasteiger partial charge in [0.25, 0.3) is 0 Å². The van der Waals surface area contributed by atoms with Crippen molar-refractivity contribution >= 4 is 42.9 Å². The summed E-state index contributed by atoms with van der Waals surface area (Å²) in [4.78, 5) is 20.1. The molecule has 1 atom stereocenters. The molecule has 3 aromatic rings. The van der Waals surface area contributed by atoms with Crippen LogP contribution >= 0.6 is 0 Å². The zero-order chi connectivity index (χ0) is 23.8. The number of likely N-dealkylation sites (tertiary alicyclic amines) is 2. The lowest BCUT2D eigenvalue weighted by atomic mass is 9.92. The van der Waals surface area contributed by atoms with Crippen LogP contribution in [0, 0.1) is 11.8 Å². The second kappa shape index (κ2) is 9.87. The van der Waals surface area contributed by atoms with Crippen molar-refractivity contribution in [3.63, 3.8) is 0 Å². The number of hydrogen-bond donors (Lipinski definition) is 1. The SMILES string of the molecule is O=S(=O)=C(C1CCN(c2ccnc3cnc4[nH]ccc4c23)CC1)N1CCCC(CN2CCCC2)C1. The maximum Gasteiger partial charge on any atom is 0.228 e. The first-order valence-electron chi connectivity index (χ1n) is 13.1. The number of aromatic nitrogens is 3. The molecular formula is C26H34N6O2S. The van der Waals surface area contributed by atoms with Crippen LogP contribution < -0.4 is 4.90 Å². The van der Waals surface area contributed by atoms with Gasteiger partial charge in [-0.15, -0.1) is 0 Å². The van der Waals surface area contributed by atoms with Gasteiger partial charge < -0.3 is 14.8 Å².